The number of ether oxygens (including phenoxy) is 1. The van der Waals surface area contributed by atoms with E-state index in [0.29, 0.717) is 39.3 Å². The maximum atomic E-state index is 12.8. The van der Waals surface area contributed by atoms with Crippen LogP contribution in [0.2, 0.25) is 0 Å². The zero-order valence-electron chi connectivity index (χ0n) is 14.7. The SMILES string of the molecule is CCC(NC(=O)N1CCCCC1c1ncc[nH]1)C(=O)N1CCOCC1. The minimum atomic E-state index is -0.496. The van der Waals surface area contributed by atoms with E-state index in [4.69, 9.17) is 4.74 Å². The largest absolute Gasteiger partial charge is 0.378 e. The Morgan fingerprint density at radius 3 is 2.84 bits per heavy atom. The molecule has 1 aromatic rings. The number of nitrogens with zero attached hydrogens (tertiary/aromatic N) is 3. The lowest BCUT2D eigenvalue weighted by molar-refractivity contribution is -0.137. The number of morpholine rings is 1. The Labute approximate surface area is 147 Å². The normalized spacial score (nSPS) is 22.5. The number of nitrogens with one attached hydrogen (secondary N) is 2. The minimum absolute atomic E-state index is 0.0225. The fraction of sp³-hybridized carbons (Fsp3) is 0.706. The van der Waals surface area contributed by atoms with Crippen molar-refractivity contribution in [2.24, 2.45) is 0 Å². The Morgan fingerprint density at radius 2 is 2.16 bits per heavy atom. The Hall–Kier alpha value is -2.09. The van der Waals surface area contributed by atoms with Crippen molar-refractivity contribution in [3.63, 3.8) is 0 Å². The maximum absolute atomic E-state index is 12.8. The molecule has 2 atom stereocenters. The fourth-order valence-corrected chi connectivity index (χ4v) is 3.49. The van der Waals surface area contributed by atoms with Crippen molar-refractivity contribution in [3.8, 4) is 0 Å². The van der Waals surface area contributed by atoms with Crippen LogP contribution in [0.1, 0.15) is 44.5 Å². The van der Waals surface area contributed by atoms with Crippen LogP contribution in [-0.2, 0) is 9.53 Å². The zero-order chi connectivity index (χ0) is 17.6. The molecule has 2 N–H and O–H groups in total. The number of carbonyl (C=O) groups excluding carboxylic acids is 2. The van der Waals surface area contributed by atoms with E-state index in [0.717, 1.165) is 25.1 Å². The van der Waals surface area contributed by atoms with Crippen LogP contribution < -0.4 is 5.32 Å². The Kier molecular flexibility index (Phi) is 5.91. The molecule has 0 spiro atoms. The molecule has 3 amide bonds. The summed E-state index contributed by atoms with van der Waals surface area (Å²) in [4.78, 5) is 36.5. The van der Waals surface area contributed by atoms with Gasteiger partial charge in [-0.05, 0) is 25.7 Å². The molecule has 0 aromatic carbocycles. The summed E-state index contributed by atoms with van der Waals surface area (Å²) in [5.41, 5.74) is 0. The lowest BCUT2D eigenvalue weighted by Crippen LogP contribution is -2.55. The van der Waals surface area contributed by atoms with Crippen molar-refractivity contribution in [2.75, 3.05) is 32.8 Å². The molecule has 0 bridgehead atoms. The molecule has 2 saturated heterocycles. The predicted molar refractivity (Wildman–Crippen MR) is 91.9 cm³/mol. The maximum Gasteiger partial charge on any atom is 0.318 e. The molecule has 3 rings (SSSR count). The van der Waals surface area contributed by atoms with Gasteiger partial charge in [-0.3, -0.25) is 4.79 Å². The molecule has 138 valence electrons. The number of amides is 3. The van der Waals surface area contributed by atoms with E-state index in [1.54, 1.807) is 22.2 Å². The highest BCUT2D eigenvalue weighted by Crippen LogP contribution is 2.28. The van der Waals surface area contributed by atoms with E-state index in [9.17, 15) is 9.59 Å². The quantitative estimate of drug-likeness (QED) is 0.857. The number of urea groups is 1. The molecule has 2 aliphatic rings. The molecule has 1 aromatic heterocycles. The molecule has 2 fully saturated rings. The standard InChI is InChI=1S/C17H27N5O3/c1-2-13(16(23)21-9-11-25-12-10-21)20-17(24)22-8-4-3-5-14(22)15-18-6-7-19-15/h6-7,13-14H,2-5,8-12H2,1H3,(H,18,19)(H,20,24). The topological polar surface area (TPSA) is 90.6 Å². The molecule has 8 heteroatoms. The Balaban J connectivity index is 1.64. The van der Waals surface area contributed by atoms with Gasteiger partial charge in [0, 0.05) is 32.0 Å². The van der Waals surface area contributed by atoms with E-state index in [1.807, 2.05) is 6.92 Å². The molecule has 8 nitrogen and oxygen atoms in total. The Bertz CT molecular complexity index is 571. The van der Waals surface area contributed by atoms with E-state index >= 15 is 0 Å². The highest BCUT2D eigenvalue weighted by atomic mass is 16.5. The summed E-state index contributed by atoms with van der Waals surface area (Å²) in [5, 5.41) is 2.94. The van der Waals surface area contributed by atoms with Crippen LogP contribution in [0.25, 0.3) is 0 Å². The number of aromatic nitrogens is 2. The van der Waals surface area contributed by atoms with Crippen LogP contribution in [-0.4, -0.2) is 70.6 Å². The number of hydrogen-bond acceptors (Lipinski definition) is 4. The van der Waals surface area contributed by atoms with Crippen LogP contribution >= 0.6 is 0 Å². The third-order valence-electron chi connectivity index (χ3n) is 4.93. The van der Waals surface area contributed by atoms with Crippen LogP contribution in [0.4, 0.5) is 4.79 Å². The molecule has 2 aliphatic heterocycles. The van der Waals surface area contributed by atoms with Gasteiger partial charge in [-0.25, -0.2) is 9.78 Å². The highest BCUT2D eigenvalue weighted by molar-refractivity contribution is 5.87. The lowest BCUT2D eigenvalue weighted by atomic mass is 10.0. The van der Waals surface area contributed by atoms with Crippen molar-refractivity contribution < 1.29 is 14.3 Å². The first-order valence-corrected chi connectivity index (χ1v) is 9.13. The summed E-state index contributed by atoms with van der Waals surface area (Å²) in [6.07, 6.45) is 6.97. The first kappa shape index (κ1) is 17.7. The second-order valence-electron chi connectivity index (χ2n) is 6.53. The fourth-order valence-electron chi connectivity index (χ4n) is 3.49. The van der Waals surface area contributed by atoms with Gasteiger partial charge in [0.05, 0.1) is 19.3 Å². The third kappa shape index (κ3) is 4.12. The molecule has 0 radical (unpaired) electrons. The molecule has 0 saturated carbocycles. The lowest BCUT2D eigenvalue weighted by Gasteiger charge is -2.36. The second-order valence-corrected chi connectivity index (χ2v) is 6.53. The van der Waals surface area contributed by atoms with Crippen LogP contribution in [0, 0.1) is 0 Å². The summed E-state index contributed by atoms with van der Waals surface area (Å²) < 4.78 is 5.30. The van der Waals surface area contributed by atoms with Gasteiger partial charge in [0.15, 0.2) is 0 Å². The highest BCUT2D eigenvalue weighted by Gasteiger charge is 2.32. The van der Waals surface area contributed by atoms with Crippen molar-refractivity contribution >= 4 is 11.9 Å². The van der Waals surface area contributed by atoms with Crippen LogP contribution in [0.15, 0.2) is 12.4 Å². The number of rotatable bonds is 4. The summed E-state index contributed by atoms with van der Waals surface area (Å²) in [6, 6.07) is -0.737. The van der Waals surface area contributed by atoms with Crippen LogP contribution in [0.3, 0.4) is 0 Å². The first-order chi connectivity index (χ1) is 12.2. The van der Waals surface area contributed by atoms with Gasteiger partial charge in [0.25, 0.3) is 0 Å². The molecule has 3 heterocycles. The first-order valence-electron chi connectivity index (χ1n) is 9.13. The number of imidazole rings is 1. The summed E-state index contributed by atoms with van der Waals surface area (Å²) in [6.45, 7) is 4.89. The van der Waals surface area contributed by atoms with Gasteiger partial charge in [-0.1, -0.05) is 6.92 Å². The van der Waals surface area contributed by atoms with Crippen molar-refractivity contribution in [2.45, 2.75) is 44.7 Å². The minimum Gasteiger partial charge on any atom is -0.378 e. The third-order valence-corrected chi connectivity index (χ3v) is 4.93. The zero-order valence-corrected chi connectivity index (χ0v) is 14.7. The van der Waals surface area contributed by atoms with E-state index in [-0.39, 0.29) is 18.0 Å². The number of likely N-dealkylation sites (tertiary alicyclic amines) is 1. The number of carbonyl (C=O) groups is 2. The molecule has 0 aliphatic carbocycles. The number of aromatic amines is 1. The summed E-state index contributed by atoms with van der Waals surface area (Å²) in [7, 11) is 0. The monoisotopic (exact) mass is 349 g/mol. The van der Waals surface area contributed by atoms with Crippen molar-refractivity contribution in [1.82, 2.24) is 25.1 Å². The van der Waals surface area contributed by atoms with Crippen molar-refractivity contribution in [3.05, 3.63) is 18.2 Å². The Morgan fingerprint density at radius 1 is 1.36 bits per heavy atom. The van der Waals surface area contributed by atoms with Gasteiger partial charge in [-0.2, -0.15) is 0 Å². The van der Waals surface area contributed by atoms with Crippen molar-refractivity contribution in [1.29, 1.82) is 0 Å². The van der Waals surface area contributed by atoms with E-state index < -0.39 is 6.04 Å². The van der Waals surface area contributed by atoms with Gasteiger partial charge >= 0.3 is 6.03 Å². The summed E-state index contributed by atoms with van der Waals surface area (Å²) in [5.74, 6) is 0.785. The smallest absolute Gasteiger partial charge is 0.318 e. The van der Waals surface area contributed by atoms with Gasteiger partial charge in [-0.15, -0.1) is 0 Å². The van der Waals surface area contributed by atoms with Gasteiger partial charge in [0.2, 0.25) is 5.91 Å². The predicted octanol–water partition coefficient (Wildman–Crippen LogP) is 1.28. The average molecular weight is 349 g/mol. The molecular formula is C17H27N5O3. The number of H-pyrrole nitrogens is 1. The number of piperidine rings is 1. The number of hydrogen-bond donors (Lipinski definition) is 2. The van der Waals surface area contributed by atoms with Gasteiger partial charge < -0.3 is 24.8 Å². The molecular weight excluding hydrogens is 322 g/mol. The van der Waals surface area contributed by atoms with E-state index in [2.05, 4.69) is 15.3 Å². The summed E-state index contributed by atoms with van der Waals surface area (Å²) >= 11 is 0. The molecule has 25 heavy (non-hydrogen) atoms. The average Bonchev–Trinajstić information content (AvgIpc) is 3.20. The van der Waals surface area contributed by atoms with Crippen LogP contribution in [0.5, 0.6) is 0 Å². The second kappa shape index (κ2) is 8.33. The molecule has 2 unspecified atom stereocenters. The van der Waals surface area contributed by atoms with E-state index in [1.165, 1.54) is 0 Å². The van der Waals surface area contributed by atoms with Gasteiger partial charge in [0.1, 0.15) is 11.9 Å².